The van der Waals surface area contributed by atoms with Gasteiger partial charge in [0, 0.05) is 12.8 Å². The number of hydrogen-bond acceptors (Lipinski definition) is 5. The van der Waals surface area contributed by atoms with E-state index >= 15 is 0 Å². The number of hydrogen-bond donors (Lipinski definition) is 3. The van der Waals surface area contributed by atoms with Crippen LogP contribution in [0.15, 0.2) is 12.2 Å². The molecule has 69 heavy (non-hydrogen) atoms. The maximum Gasteiger partial charge on any atom is 0.305 e. The fourth-order valence-corrected chi connectivity index (χ4v) is 9.99. The van der Waals surface area contributed by atoms with E-state index in [9.17, 15) is 19.8 Å². The SMILES string of the molecule is CCCCCCCCCCCCCCCCC/C=C/C(O)C(CO)NC(=O)CCCCCCCCCCCCCCCCCCCCCCOC(=O)CCCCCCCCCCCCCCCCC. The Morgan fingerprint density at radius 2 is 0.667 bits per heavy atom. The third-order valence-electron chi connectivity index (χ3n) is 14.8. The minimum absolute atomic E-state index is 0.0136. The van der Waals surface area contributed by atoms with Crippen molar-refractivity contribution in [2.75, 3.05) is 13.2 Å². The van der Waals surface area contributed by atoms with Crippen molar-refractivity contribution in [1.29, 1.82) is 0 Å². The van der Waals surface area contributed by atoms with Crippen LogP contribution in [-0.2, 0) is 14.3 Å². The summed E-state index contributed by atoms with van der Waals surface area (Å²) in [6.45, 7) is 4.93. The van der Waals surface area contributed by atoms with Gasteiger partial charge >= 0.3 is 5.97 Å². The highest BCUT2D eigenvalue weighted by Gasteiger charge is 2.18. The monoisotopic (exact) mass is 974 g/mol. The van der Waals surface area contributed by atoms with Crippen molar-refractivity contribution in [2.24, 2.45) is 0 Å². The number of aliphatic hydroxyl groups is 2. The van der Waals surface area contributed by atoms with Crippen molar-refractivity contribution in [3.05, 3.63) is 12.2 Å². The van der Waals surface area contributed by atoms with Gasteiger partial charge in [-0.25, -0.2) is 0 Å². The lowest BCUT2D eigenvalue weighted by molar-refractivity contribution is -0.143. The van der Waals surface area contributed by atoms with E-state index in [1.54, 1.807) is 6.08 Å². The number of allylic oxidation sites excluding steroid dienone is 1. The van der Waals surface area contributed by atoms with Crippen molar-refractivity contribution in [3.8, 4) is 0 Å². The molecule has 6 nitrogen and oxygen atoms in total. The number of aliphatic hydroxyl groups excluding tert-OH is 2. The van der Waals surface area contributed by atoms with Crippen LogP contribution in [0.3, 0.4) is 0 Å². The summed E-state index contributed by atoms with van der Waals surface area (Å²) in [7, 11) is 0. The van der Waals surface area contributed by atoms with Gasteiger partial charge in [0.25, 0.3) is 0 Å². The number of nitrogens with one attached hydrogen (secondary N) is 1. The van der Waals surface area contributed by atoms with E-state index < -0.39 is 12.1 Å². The molecule has 0 fully saturated rings. The van der Waals surface area contributed by atoms with Crippen LogP contribution >= 0.6 is 0 Å². The summed E-state index contributed by atoms with van der Waals surface area (Å²) in [5.41, 5.74) is 0. The fraction of sp³-hybridized carbons (Fsp3) is 0.937. The van der Waals surface area contributed by atoms with Crippen LogP contribution in [-0.4, -0.2) is 47.4 Å². The van der Waals surface area contributed by atoms with Crippen molar-refractivity contribution >= 4 is 11.9 Å². The predicted molar refractivity (Wildman–Crippen MR) is 301 cm³/mol. The lowest BCUT2D eigenvalue weighted by atomic mass is 10.0. The molecule has 0 aromatic heterocycles. The summed E-state index contributed by atoms with van der Waals surface area (Å²) in [5.74, 6) is -0.0532. The lowest BCUT2D eigenvalue weighted by Gasteiger charge is -2.20. The average molecular weight is 975 g/mol. The second-order valence-corrected chi connectivity index (χ2v) is 21.8. The number of rotatable bonds is 59. The smallest absolute Gasteiger partial charge is 0.305 e. The predicted octanol–water partition coefficient (Wildman–Crippen LogP) is 19.6. The average Bonchev–Trinajstić information content (AvgIpc) is 3.35. The van der Waals surface area contributed by atoms with Gasteiger partial charge in [-0.3, -0.25) is 9.59 Å². The van der Waals surface area contributed by atoms with E-state index in [4.69, 9.17) is 4.74 Å². The summed E-state index contributed by atoms with van der Waals surface area (Å²) in [5, 5.41) is 23.2. The van der Waals surface area contributed by atoms with Crippen molar-refractivity contribution < 1.29 is 24.5 Å². The first-order valence-corrected chi connectivity index (χ1v) is 31.5. The number of unbranched alkanes of at least 4 members (excludes halogenated alkanes) is 48. The van der Waals surface area contributed by atoms with E-state index in [1.807, 2.05) is 6.08 Å². The zero-order chi connectivity index (χ0) is 50.0. The minimum Gasteiger partial charge on any atom is -0.466 e. The molecule has 0 saturated carbocycles. The highest BCUT2D eigenvalue weighted by Crippen LogP contribution is 2.18. The van der Waals surface area contributed by atoms with Crippen LogP contribution in [0.4, 0.5) is 0 Å². The standard InChI is InChI=1S/C63H123NO5/c1-3-5-7-9-11-13-15-17-19-24-28-31-35-39-43-47-51-55-61(66)60(59-65)64-62(67)56-52-48-44-40-36-32-29-25-22-20-21-23-26-30-34-38-42-46-50-54-58-69-63(68)57-53-49-45-41-37-33-27-18-16-14-12-10-8-6-4-2/h51,55,60-61,65-66H,3-50,52-54,56-59H2,1-2H3,(H,64,67)/b55-51+. The number of esters is 1. The van der Waals surface area contributed by atoms with Gasteiger partial charge in [0.1, 0.15) is 0 Å². The molecule has 0 bridgehead atoms. The number of carbonyl (C=O) groups excluding carboxylic acids is 2. The van der Waals surface area contributed by atoms with Crippen LogP contribution in [0.25, 0.3) is 0 Å². The molecule has 0 rings (SSSR count). The largest absolute Gasteiger partial charge is 0.466 e. The second-order valence-electron chi connectivity index (χ2n) is 21.8. The molecule has 0 aliphatic rings. The maximum atomic E-state index is 12.5. The molecular weight excluding hydrogens is 851 g/mol. The van der Waals surface area contributed by atoms with Gasteiger partial charge in [0.2, 0.25) is 5.91 Å². The zero-order valence-electron chi connectivity index (χ0n) is 46.8. The van der Waals surface area contributed by atoms with E-state index in [0.717, 1.165) is 38.5 Å². The summed E-state index contributed by atoms with van der Waals surface area (Å²) >= 11 is 0. The quantitative estimate of drug-likeness (QED) is 0.0321. The van der Waals surface area contributed by atoms with Gasteiger partial charge in [-0.2, -0.15) is 0 Å². The topological polar surface area (TPSA) is 95.9 Å². The molecular formula is C63H123NO5. The van der Waals surface area contributed by atoms with E-state index in [1.165, 1.54) is 289 Å². The molecule has 0 heterocycles. The third kappa shape index (κ3) is 55.8. The van der Waals surface area contributed by atoms with Gasteiger partial charge in [-0.05, 0) is 32.1 Å². The van der Waals surface area contributed by atoms with Crippen LogP contribution < -0.4 is 5.32 Å². The Balaban J connectivity index is 3.40. The number of carbonyl (C=O) groups is 2. The molecule has 0 saturated heterocycles. The lowest BCUT2D eigenvalue weighted by Crippen LogP contribution is -2.45. The molecule has 0 aromatic rings. The Kier molecular flexibility index (Phi) is 58.0. The molecule has 0 aliphatic carbocycles. The first kappa shape index (κ1) is 67.6. The highest BCUT2D eigenvalue weighted by molar-refractivity contribution is 5.76. The molecule has 0 spiro atoms. The maximum absolute atomic E-state index is 12.5. The number of amides is 1. The van der Waals surface area contributed by atoms with E-state index in [-0.39, 0.29) is 18.5 Å². The summed E-state index contributed by atoms with van der Waals surface area (Å²) in [6, 6.07) is -0.628. The van der Waals surface area contributed by atoms with Gasteiger partial charge in [-0.1, -0.05) is 321 Å². The van der Waals surface area contributed by atoms with Gasteiger partial charge in [-0.15, -0.1) is 0 Å². The van der Waals surface area contributed by atoms with E-state index in [2.05, 4.69) is 19.2 Å². The molecule has 6 heteroatoms. The Morgan fingerprint density at radius 3 is 0.986 bits per heavy atom. The molecule has 2 unspecified atom stereocenters. The number of ether oxygens (including phenoxy) is 1. The third-order valence-corrected chi connectivity index (χ3v) is 14.8. The molecule has 410 valence electrons. The van der Waals surface area contributed by atoms with Crippen molar-refractivity contribution in [3.63, 3.8) is 0 Å². The van der Waals surface area contributed by atoms with Crippen molar-refractivity contribution in [2.45, 2.75) is 366 Å². The zero-order valence-corrected chi connectivity index (χ0v) is 46.8. The minimum atomic E-state index is -0.845. The van der Waals surface area contributed by atoms with Crippen LogP contribution in [0.5, 0.6) is 0 Å². The molecule has 0 radical (unpaired) electrons. The Bertz CT molecular complexity index is 1030. The fourth-order valence-electron chi connectivity index (χ4n) is 9.99. The molecule has 0 aromatic carbocycles. The Labute approximate surface area is 431 Å². The van der Waals surface area contributed by atoms with Gasteiger partial charge in [0.15, 0.2) is 0 Å². The van der Waals surface area contributed by atoms with Crippen molar-refractivity contribution in [1.82, 2.24) is 5.32 Å². The summed E-state index contributed by atoms with van der Waals surface area (Å²) < 4.78 is 5.49. The van der Waals surface area contributed by atoms with Gasteiger partial charge in [0.05, 0.1) is 25.4 Å². The van der Waals surface area contributed by atoms with Gasteiger partial charge < -0.3 is 20.3 Å². The molecule has 2 atom stereocenters. The van der Waals surface area contributed by atoms with Crippen LogP contribution in [0.1, 0.15) is 354 Å². The highest BCUT2D eigenvalue weighted by atomic mass is 16.5. The normalized spacial score (nSPS) is 12.6. The first-order chi connectivity index (χ1) is 34.0. The Hall–Kier alpha value is -1.40. The summed E-state index contributed by atoms with van der Waals surface area (Å²) in [6.07, 6.45) is 71.1. The van der Waals surface area contributed by atoms with Crippen LogP contribution in [0.2, 0.25) is 0 Å². The molecule has 1 amide bonds. The summed E-state index contributed by atoms with van der Waals surface area (Å²) in [4.78, 5) is 24.5. The molecule has 0 aliphatic heterocycles. The first-order valence-electron chi connectivity index (χ1n) is 31.5. The van der Waals surface area contributed by atoms with Crippen LogP contribution in [0, 0.1) is 0 Å². The Morgan fingerprint density at radius 1 is 0.391 bits per heavy atom. The molecule has 3 N–H and O–H groups in total. The second kappa shape index (κ2) is 59.2. The van der Waals surface area contributed by atoms with E-state index in [0.29, 0.717) is 19.4 Å².